The van der Waals surface area contributed by atoms with E-state index in [2.05, 4.69) is 5.32 Å². The number of fused-ring (bicyclic) bond motifs is 2. The maximum Gasteiger partial charge on any atom is 0.347 e. The van der Waals surface area contributed by atoms with Gasteiger partial charge in [0.1, 0.15) is 0 Å². The summed E-state index contributed by atoms with van der Waals surface area (Å²) in [5.41, 5.74) is -0.813. The zero-order valence-corrected chi connectivity index (χ0v) is 20.3. The maximum absolute atomic E-state index is 14.0. The molecule has 180 valence electrons. The van der Waals surface area contributed by atoms with Gasteiger partial charge in [0.25, 0.3) is 0 Å². The minimum Gasteiger partial charge on any atom is -0.478 e. The second-order valence-corrected chi connectivity index (χ2v) is 10.00. The van der Waals surface area contributed by atoms with Crippen molar-refractivity contribution in [2.45, 2.75) is 19.5 Å². The van der Waals surface area contributed by atoms with Gasteiger partial charge in [0.05, 0.1) is 24.5 Å². The van der Waals surface area contributed by atoms with Crippen LogP contribution in [-0.2, 0) is 18.4 Å². The second-order valence-electron chi connectivity index (χ2n) is 7.89. The molecule has 35 heavy (non-hydrogen) atoms. The first kappa shape index (κ1) is 24.6. The Balaban J connectivity index is 1.87. The predicted molar refractivity (Wildman–Crippen MR) is 137 cm³/mol. The molecule has 1 amide bonds. The molecule has 0 bridgehead atoms. The summed E-state index contributed by atoms with van der Waals surface area (Å²) in [4.78, 5) is 25.8. The molecule has 0 saturated carbocycles. The van der Waals surface area contributed by atoms with Gasteiger partial charge in [-0.1, -0.05) is 66.7 Å². The van der Waals surface area contributed by atoms with Crippen LogP contribution in [0, 0.1) is 0 Å². The van der Waals surface area contributed by atoms with Crippen molar-refractivity contribution in [3.63, 3.8) is 0 Å². The number of aromatic carboxylic acids is 1. The summed E-state index contributed by atoms with van der Waals surface area (Å²) < 4.78 is 25.2. The highest BCUT2D eigenvalue weighted by molar-refractivity contribution is 7.55. The molecule has 0 heterocycles. The number of nitrogens with one attached hydrogen (secondary N) is 1. The SMILES string of the molecule is CCOP(=O)(OCC)C(C(=O)Nc1cc2ccccc2cc1C(=O)O)c1cccc2ccccc12. The Morgan fingerprint density at radius 2 is 1.43 bits per heavy atom. The van der Waals surface area contributed by atoms with Gasteiger partial charge in [0.2, 0.25) is 5.91 Å². The maximum atomic E-state index is 14.0. The van der Waals surface area contributed by atoms with Gasteiger partial charge in [-0.05, 0) is 53.1 Å². The molecule has 0 spiro atoms. The van der Waals surface area contributed by atoms with E-state index in [1.807, 2.05) is 48.5 Å². The lowest BCUT2D eigenvalue weighted by Gasteiger charge is -2.27. The molecule has 0 fully saturated rings. The summed E-state index contributed by atoms with van der Waals surface area (Å²) in [5.74, 6) is -1.87. The largest absolute Gasteiger partial charge is 0.478 e. The molecule has 4 aromatic rings. The quantitative estimate of drug-likeness (QED) is 0.255. The van der Waals surface area contributed by atoms with Crippen LogP contribution in [0.4, 0.5) is 5.69 Å². The van der Waals surface area contributed by atoms with Crippen LogP contribution in [0.25, 0.3) is 21.5 Å². The lowest BCUT2D eigenvalue weighted by molar-refractivity contribution is -0.116. The third kappa shape index (κ3) is 4.98. The number of carbonyl (C=O) groups excluding carboxylic acids is 1. The first-order chi connectivity index (χ1) is 16.9. The van der Waals surface area contributed by atoms with Crippen LogP contribution in [0.15, 0.2) is 78.9 Å². The molecule has 8 heteroatoms. The topological polar surface area (TPSA) is 102 Å². The number of carboxylic acid groups (broad SMARTS) is 1. The lowest BCUT2D eigenvalue weighted by atomic mass is 10.0. The number of benzene rings is 4. The van der Waals surface area contributed by atoms with Crippen molar-refractivity contribution >= 4 is 46.7 Å². The van der Waals surface area contributed by atoms with Crippen molar-refractivity contribution in [3.05, 3.63) is 90.0 Å². The van der Waals surface area contributed by atoms with E-state index in [0.717, 1.165) is 21.5 Å². The second kappa shape index (κ2) is 10.4. The summed E-state index contributed by atoms with van der Waals surface area (Å²) in [6.45, 7) is 3.50. The third-order valence-electron chi connectivity index (χ3n) is 5.67. The minimum absolute atomic E-state index is 0.0716. The molecule has 1 atom stereocenters. The van der Waals surface area contributed by atoms with Crippen molar-refractivity contribution in [1.29, 1.82) is 0 Å². The summed E-state index contributed by atoms with van der Waals surface area (Å²) in [6, 6.07) is 23.2. The van der Waals surface area contributed by atoms with E-state index in [-0.39, 0.29) is 24.5 Å². The number of rotatable bonds is 9. The van der Waals surface area contributed by atoms with Gasteiger partial charge in [-0.15, -0.1) is 0 Å². The van der Waals surface area contributed by atoms with E-state index in [1.54, 1.807) is 38.1 Å². The van der Waals surface area contributed by atoms with Crippen LogP contribution in [-0.4, -0.2) is 30.2 Å². The fourth-order valence-corrected chi connectivity index (χ4v) is 6.22. The highest BCUT2D eigenvalue weighted by Crippen LogP contribution is 2.62. The molecule has 2 N–H and O–H groups in total. The lowest BCUT2D eigenvalue weighted by Crippen LogP contribution is -2.24. The van der Waals surface area contributed by atoms with Crippen molar-refractivity contribution < 1.29 is 28.3 Å². The molecule has 4 rings (SSSR count). The monoisotopic (exact) mass is 491 g/mol. The van der Waals surface area contributed by atoms with Crippen molar-refractivity contribution in [1.82, 2.24) is 0 Å². The molecule has 0 aliphatic heterocycles. The van der Waals surface area contributed by atoms with Crippen LogP contribution in [0.5, 0.6) is 0 Å². The zero-order valence-electron chi connectivity index (χ0n) is 19.4. The van der Waals surface area contributed by atoms with Gasteiger partial charge in [0.15, 0.2) is 5.66 Å². The molecule has 1 unspecified atom stereocenters. The molecule has 0 aromatic heterocycles. The fourth-order valence-electron chi connectivity index (χ4n) is 4.21. The average Bonchev–Trinajstić information content (AvgIpc) is 2.84. The van der Waals surface area contributed by atoms with Gasteiger partial charge < -0.3 is 19.5 Å². The number of carboxylic acids is 1. The minimum atomic E-state index is -4.00. The van der Waals surface area contributed by atoms with Gasteiger partial charge in [-0.25, -0.2) is 4.79 Å². The Bertz CT molecular complexity index is 1440. The Morgan fingerprint density at radius 1 is 0.857 bits per heavy atom. The van der Waals surface area contributed by atoms with Gasteiger partial charge in [-0.3, -0.25) is 9.36 Å². The molecule has 0 radical (unpaired) electrons. The number of carbonyl (C=O) groups is 2. The third-order valence-corrected chi connectivity index (χ3v) is 8.06. The zero-order chi connectivity index (χ0) is 25.0. The fraction of sp³-hybridized carbons (Fsp3) is 0.185. The highest BCUT2D eigenvalue weighted by Gasteiger charge is 2.43. The van der Waals surface area contributed by atoms with Crippen LogP contribution in [0.1, 0.15) is 35.4 Å². The smallest absolute Gasteiger partial charge is 0.347 e. The Kier molecular flexibility index (Phi) is 7.31. The first-order valence-electron chi connectivity index (χ1n) is 11.3. The Morgan fingerprint density at radius 3 is 2.06 bits per heavy atom. The van der Waals surface area contributed by atoms with Gasteiger partial charge in [0, 0.05) is 0 Å². The average molecular weight is 491 g/mol. The molecular formula is C27H26NO6P. The van der Waals surface area contributed by atoms with E-state index in [1.165, 1.54) is 6.07 Å². The van der Waals surface area contributed by atoms with E-state index in [9.17, 15) is 19.3 Å². The molecule has 7 nitrogen and oxygen atoms in total. The van der Waals surface area contributed by atoms with Gasteiger partial charge >= 0.3 is 13.6 Å². The van der Waals surface area contributed by atoms with Crippen LogP contribution in [0.2, 0.25) is 0 Å². The molecule has 0 saturated heterocycles. The standard InChI is InChI=1S/C27H26NO6P/c1-3-33-35(32,34-4-2)25(22-15-9-13-18-10-7-8-14-21(18)22)26(29)28-24-17-20-12-6-5-11-19(20)16-23(24)27(30)31/h5-17,25H,3-4H2,1-2H3,(H,28,29)(H,30,31). The van der Waals surface area contributed by atoms with E-state index >= 15 is 0 Å². The molecule has 4 aromatic carbocycles. The van der Waals surface area contributed by atoms with E-state index in [0.29, 0.717) is 5.56 Å². The normalized spacial score (nSPS) is 12.5. The van der Waals surface area contributed by atoms with Crippen LogP contribution < -0.4 is 5.32 Å². The van der Waals surface area contributed by atoms with Crippen molar-refractivity contribution in [2.75, 3.05) is 18.5 Å². The highest BCUT2D eigenvalue weighted by atomic mass is 31.2. The predicted octanol–water partition coefficient (Wildman–Crippen LogP) is 6.64. The van der Waals surface area contributed by atoms with Crippen LogP contribution in [0.3, 0.4) is 0 Å². The number of amides is 1. The summed E-state index contributed by atoms with van der Waals surface area (Å²) in [5, 5.41) is 15.6. The Hall–Kier alpha value is -3.51. The van der Waals surface area contributed by atoms with Crippen LogP contribution >= 0.6 is 7.60 Å². The molecule has 0 aliphatic rings. The molecular weight excluding hydrogens is 465 g/mol. The first-order valence-corrected chi connectivity index (χ1v) is 12.9. The van der Waals surface area contributed by atoms with E-state index < -0.39 is 25.1 Å². The summed E-state index contributed by atoms with van der Waals surface area (Å²) >= 11 is 0. The molecule has 0 aliphatic carbocycles. The van der Waals surface area contributed by atoms with Gasteiger partial charge in [-0.2, -0.15) is 0 Å². The summed E-state index contributed by atoms with van der Waals surface area (Å²) in [6.07, 6.45) is 0. The summed E-state index contributed by atoms with van der Waals surface area (Å²) in [7, 11) is -4.00. The number of anilines is 1. The van der Waals surface area contributed by atoms with E-state index in [4.69, 9.17) is 9.05 Å². The number of hydrogen-bond donors (Lipinski definition) is 2. The van der Waals surface area contributed by atoms with Crippen molar-refractivity contribution in [3.8, 4) is 0 Å². The number of hydrogen-bond acceptors (Lipinski definition) is 5. The van der Waals surface area contributed by atoms with Crippen molar-refractivity contribution in [2.24, 2.45) is 0 Å². The Labute approximate surface area is 203 Å².